The van der Waals surface area contributed by atoms with Crippen LogP contribution >= 0.6 is 11.6 Å². The number of methoxy groups -OCH3 is 1. The molecule has 0 unspecified atom stereocenters. The van der Waals surface area contributed by atoms with E-state index in [1.165, 1.54) is 6.20 Å². The van der Waals surface area contributed by atoms with E-state index in [2.05, 4.69) is 39.6 Å². The van der Waals surface area contributed by atoms with Crippen molar-refractivity contribution in [2.45, 2.75) is 18.9 Å². The number of halogens is 1. The van der Waals surface area contributed by atoms with Gasteiger partial charge in [0.25, 0.3) is 5.91 Å². The van der Waals surface area contributed by atoms with E-state index in [1.807, 2.05) is 4.90 Å². The van der Waals surface area contributed by atoms with E-state index < -0.39 is 0 Å². The zero-order valence-corrected chi connectivity index (χ0v) is 18.0. The number of ether oxygens (including phenoxy) is 1. The average Bonchev–Trinajstić information content (AvgIpc) is 2.74. The Morgan fingerprint density at radius 2 is 2.03 bits per heavy atom. The van der Waals surface area contributed by atoms with E-state index in [-0.39, 0.29) is 5.91 Å². The van der Waals surface area contributed by atoms with Crippen molar-refractivity contribution in [1.29, 1.82) is 0 Å². The average molecular weight is 419 g/mol. The number of hydrogen-bond acceptors (Lipinski definition) is 7. The molecule has 29 heavy (non-hydrogen) atoms. The fourth-order valence-corrected chi connectivity index (χ4v) is 3.60. The number of aromatic nitrogens is 2. The van der Waals surface area contributed by atoms with Crippen molar-refractivity contribution >= 4 is 35.0 Å². The highest BCUT2D eigenvalue weighted by Gasteiger charge is 2.25. The van der Waals surface area contributed by atoms with Gasteiger partial charge in [0.2, 0.25) is 5.95 Å². The van der Waals surface area contributed by atoms with Crippen molar-refractivity contribution in [2.75, 3.05) is 52.0 Å². The van der Waals surface area contributed by atoms with Gasteiger partial charge in [-0.2, -0.15) is 4.98 Å². The predicted octanol–water partition coefficient (Wildman–Crippen LogP) is 3.09. The van der Waals surface area contributed by atoms with Gasteiger partial charge in [0, 0.05) is 31.7 Å². The third kappa shape index (κ3) is 4.89. The summed E-state index contributed by atoms with van der Waals surface area (Å²) in [7, 11) is 7.48. The third-order valence-corrected chi connectivity index (χ3v) is 5.43. The van der Waals surface area contributed by atoms with E-state index in [1.54, 1.807) is 32.4 Å². The van der Waals surface area contributed by atoms with Gasteiger partial charge in [-0.3, -0.25) is 4.79 Å². The molecule has 1 saturated heterocycles. The Hall–Kier alpha value is -2.58. The molecule has 9 heteroatoms. The molecule has 1 fully saturated rings. The maximum absolute atomic E-state index is 12.9. The van der Waals surface area contributed by atoms with Gasteiger partial charge in [0.15, 0.2) is 0 Å². The molecule has 1 aromatic carbocycles. The summed E-state index contributed by atoms with van der Waals surface area (Å²) < 4.78 is 5.49. The number of nitrogens with one attached hydrogen (secondary N) is 2. The Morgan fingerprint density at radius 1 is 1.31 bits per heavy atom. The number of nitrogens with zero attached hydrogens (tertiary/aromatic N) is 4. The molecule has 1 aliphatic heterocycles. The fourth-order valence-electron chi connectivity index (χ4n) is 3.42. The highest BCUT2D eigenvalue weighted by molar-refractivity contribution is 6.32. The van der Waals surface area contributed by atoms with E-state index in [0.717, 1.165) is 25.9 Å². The molecule has 2 heterocycles. The summed E-state index contributed by atoms with van der Waals surface area (Å²) in [6.45, 7) is 1.52. The summed E-state index contributed by atoms with van der Waals surface area (Å²) >= 11 is 6.03. The number of rotatable bonds is 6. The number of hydrogen-bond donors (Lipinski definition) is 2. The van der Waals surface area contributed by atoms with Gasteiger partial charge in [-0.05, 0) is 45.1 Å². The predicted molar refractivity (Wildman–Crippen MR) is 115 cm³/mol. The molecular formula is C20H27ClN6O2. The van der Waals surface area contributed by atoms with E-state index in [0.29, 0.717) is 39.8 Å². The quantitative estimate of drug-likeness (QED) is 0.745. The van der Waals surface area contributed by atoms with Crippen molar-refractivity contribution in [1.82, 2.24) is 19.8 Å². The maximum atomic E-state index is 12.9. The lowest BCUT2D eigenvalue weighted by Gasteiger charge is -2.35. The molecule has 0 spiro atoms. The molecule has 0 atom stereocenters. The summed E-state index contributed by atoms with van der Waals surface area (Å²) in [6.07, 6.45) is 3.48. The summed E-state index contributed by atoms with van der Waals surface area (Å²) in [5, 5.41) is 6.46. The molecule has 0 bridgehead atoms. The van der Waals surface area contributed by atoms with Crippen LogP contribution in [0.2, 0.25) is 5.02 Å². The number of piperidine rings is 1. The van der Waals surface area contributed by atoms with Crippen LogP contribution in [-0.2, 0) is 0 Å². The van der Waals surface area contributed by atoms with Gasteiger partial charge in [-0.1, -0.05) is 11.6 Å². The summed E-state index contributed by atoms with van der Waals surface area (Å²) in [6, 6.07) is 5.87. The van der Waals surface area contributed by atoms with Crippen molar-refractivity contribution in [3.8, 4) is 5.75 Å². The monoisotopic (exact) mass is 418 g/mol. The highest BCUT2D eigenvalue weighted by atomic mass is 35.5. The second-order valence-electron chi connectivity index (χ2n) is 7.17. The van der Waals surface area contributed by atoms with E-state index in [9.17, 15) is 4.79 Å². The second kappa shape index (κ2) is 9.28. The topological polar surface area (TPSA) is 82.6 Å². The number of anilines is 3. The summed E-state index contributed by atoms with van der Waals surface area (Å²) in [5.41, 5.74) is 1.27. The van der Waals surface area contributed by atoms with Crippen LogP contribution in [0.1, 0.15) is 23.2 Å². The lowest BCUT2D eigenvalue weighted by Crippen LogP contribution is -2.44. The number of benzene rings is 1. The minimum atomic E-state index is 0.0206. The number of carbonyl (C=O) groups excluding carboxylic acids is 1. The summed E-state index contributed by atoms with van der Waals surface area (Å²) in [4.78, 5) is 25.6. The minimum Gasteiger partial charge on any atom is -0.495 e. The third-order valence-electron chi connectivity index (χ3n) is 5.16. The van der Waals surface area contributed by atoms with Gasteiger partial charge in [-0.15, -0.1) is 0 Å². The maximum Gasteiger partial charge on any atom is 0.253 e. The van der Waals surface area contributed by atoms with E-state index >= 15 is 0 Å². The van der Waals surface area contributed by atoms with Crippen molar-refractivity contribution in [3.63, 3.8) is 0 Å². The first-order valence-corrected chi connectivity index (χ1v) is 9.91. The van der Waals surface area contributed by atoms with Gasteiger partial charge in [0.05, 0.1) is 19.0 Å². The standard InChI is InChI=1S/C20H27ClN6O2/c1-22-18-15(21)12-23-20(25-18)24-16-6-5-13(11-17(16)29-4)19(28)27-9-7-14(8-10-27)26(2)3/h5-6,11-12,14H,7-10H2,1-4H3,(H2,22,23,24,25). The molecule has 1 amide bonds. The van der Waals surface area contributed by atoms with Gasteiger partial charge in [0.1, 0.15) is 16.6 Å². The Bertz CT molecular complexity index is 868. The molecular weight excluding hydrogens is 392 g/mol. The Labute approximate surface area is 176 Å². The molecule has 2 N–H and O–H groups in total. The van der Waals surface area contributed by atoms with E-state index in [4.69, 9.17) is 16.3 Å². The Morgan fingerprint density at radius 3 is 2.66 bits per heavy atom. The van der Waals surface area contributed by atoms with Crippen molar-refractivity contribution < 1.29 is 9.53 Å². The molecule has 0 saturated carbocycles. The molecule has 0 aliphatic carbocycles. The Balaban J connectivity index is 1.74. The van der Waals surface area contributed by atoms with Crippen molar-refractivity contribution in [2.24, 2.45) is 0 Å². The summed E-state index contributed by atoms with van der Waals surface area (Å²) in [5.74, 6) is 1.47. The zero-order valence-electron chi connectivity index (χ0n) is 17.2. The lowest BCUT2D eigenvalue weighted by atomic mass is 10.0. The largest absolute Gasteiger partial charge is 0.495 e. The highest BCUT2D eigenvalue weighted by Crippen LogP contribution is 2.30. The first-order chi connectivity index (χ1) is 13.9. The first-order valence-electron chi connectivity index (χ1n) is 9.54. The van der Waals surface area contributed by atoms with Crippen LogP contribution in [0, 0.1) is 0 Å². The lowest BCUT2D eigenvalue weighted by molar-refractivity contribution is 0.0663. The van der Waals surface area contributed by atoms with Gasteiger partial charge in [-0.25, -0.2) is 4.98 Å². The van der Waals surface area contributed by atoms with Crippen LogP contribution in [0.25, 0.3) is 0 Å². The number of carbonyl (C=O) groups is 1. The van der Waals surface area contributed by atoms with Crippen molar-refractivity contribution in [3.05, 3.63) is 35.0 Å². The van der Waals surface area contributed by atoms with Crippen LogP contribution in [0.4, 0.5) is 17.5 Å². The SMILES string of the molecule is CNc1nc(Nc2ccc(C(=O)N3CCC(N(C)C)CC3)cc2OC)ncc1Cl. The molecule has 3 rings (SSSR count). The molecule has 0 radical (unpaired) electrons. The second-order valence-corrected chi connectivity index (χ2v) is 7.57. The molecule has 1 aliphatic rings. The minimum absolute atomic E-state index is 0.0206. The smallest absolute Gasteiger partial charge is 0.253 e. The molecule has 2 aromatic rings. The molecule has 156 valence electrons. The Kier molecular flexibility index (Phi) is 6.76. The van der Waals surface area contributed by atoms with Crippen LogP contribution in [0.5, 0.6) is 5.75 Å². The first kappa shape index (κ1) is 21.1. The van der Waals surface area contributed by atoms with Crippen LogP contribution in [0.15, 0.2) is 24.4 Å². The van der Waals surface area contributed by atoms with Crippen LogP contribution in [-0.4, -0.2) is 73.1 Å². The molecule has 8 nitrogen and oxygen atoms in total. The number of likely N-dealkylation sites (tertiary alicyclic amines) is 1. The normalized spacial score (nSPS) is 14.8. The molecule has 1 aromatic heterocycles. The van der Waals surface area contributed by atoms with Gasteiger partial charge >= 0.3 is 0 Å². The van der Waals surface area contributed by atoms with Crippen LogP contribution in [0.3, 0.4) is 0 Å². The zero-order chi connectivity index (χ0) is 21.0. The number of amides is 1. The van der Waals surface area contributed by atoms with Gasteiger partial charge < -0.3 is 25.2 Å². The van der Waals surface area contributed by atoms with Crippen LogP contribution < -0.4 is 15.4 Å². The fraction of sp³-hybridized carbons (Fsp3) is 0.450.